The second-order valence-electron chi connectivity index (χ2n) is 3.39. The molecule has 2 nitrogen and oxygen atoms in total. The number of nitrogen functional groups attached to an aromatic ring is 1. The molecule has 12 heavy (non-hydrogen) atoms. The van der Waals surface area contributed by atoms with E-state index in [2.05, 4.69) is 0 Å². The van der Waals surface area contributed by atoms with Crippen molar-refractivity contribution in [2.45, 2.75) is 26.1 Å². The number of hydrogen-bond donors (Lipinski definition) is 1. The van der Waals surface area contributed by atoms with Crippen LogP contribution < -0.4 is 5.73 Å². The first kappa shape index (κ1) is 8.35. The van der Waals surface area contributed by atoms with Crippen molar-refractivity contribution in [3.8, 4) is 0 Å². The van der Waals surface area contributed by atoms with Crippen LogP contribution in [0.4, 0.5) is 5.69 Å². The molecule has 0 aromatic carbocycles. The number of hydrogen-bond acceptors (Lipinski definition) is 3. The molecule has 0 spiro atoms. The summed E-state index contributed by atoms with van der Waals surface area (Å²) in [4.78, 5) is 1.17. The molecule has 0 saturated carbocycles. The van der Waals surface area contributed by atoms with E-state index in [9.17, 15) is 0 Å². The van der Waals surface area contributed by atoms with Gasteiger partial charge in [0, 0.05) is 10.4 Å². The Morgan fingerprint density at radius 1 is 1.58 bits per heavy atom. The summed E-state index contributed by atoms with van der Waals surface area (Å²) in [7, 11) is 0. The minimum Gasteiger partial charge on any atom is -0.397 e. The van der Waals surface area contributed by atoms with Crippen molar-refractivity contribution in [1.82, 2.24) is 0 Å². The topological polar surface area (TPSA) is 35.2 Å². The van der Waals surface area contributed by atoms with Crippen LogP contribution in [0.25, 0.3) is 0 Å². The molecule has 1 aromatic heterocycles. The average Bonchev–Trinajstić information content (AvgIpc) is 2.39. The molecule has 0 aliphatic carbocycles. The summed E-state index contributed by atoms with van der Waals surface area (Å²) in [5.74, 6) is 0. The molecule has 2 N–H and O–H groups in total. The highest BCUT2D eigenvalue weighted by Crippen LogP contribution is 2.47. The molecule has 0 amide bonds. The van der Waals surface area contributed by atoms with Crippen LogP contribution in [0.3, 0.4) is 0 Å². The fourth-order valence-corrected chi connectivity index (χ4v) is 2.92. The lowest BCUT2D eigenvalue weighted by Gasteiger charge is -2.18. The lowest BCUT2D eigenvalue weighted by molar-refractivity contribution is -0.00718. The third-order valence-corrected chi connectivity index (χ3v) is 3.54. The summed E-state index contributed by atoms with van der Waals surface area (Å²) in [5.41, 5.74) is 7.34. The maximum absolute atomic E-state index is 5.91. The van der Waals surface area contributed by atoms with E-state index in [4.69, 9.17) is 22.1 Å². The van der Waals surface area contributed by atoms with Gasteiger partial charge >= 0.3 is 0 Å². The molecule has 1 aliphatic heterocycles. The summed E-state index contributed by atoms with van der Waals surface area (Å²) < 4.78 is 6.25. The molecule has 0 bridgehead atoms. The lowest BCUT2D eigenvalue weighted by atomic mass is 10.0. The van der Waals surface area contributed by atoms with Crippen molar-refractivity contribution in [2.24, 2.45) is 0 Å². The molecule has 0 radical (unpaired) electrons. The van der Waals surface area contributed by atoms with Crippen LogP contribution in [-0.4, -0.2) is 0 Å². The summed E-state index contributed by atoms with van der Waals surface area (Å²) in [6, 6.07) is 0. The molecule has 0 unspecified atom stereocenters. The van der Waals surface area contributed by atoms with Gasteiger partial charge in [-0.25, -0.2) is 0 Å². The molecule has 1 aliphatic rings. The predicted octanol–water partition coefficient (Wildman–Crippen LogP) is 2.75. The first-order valence-corrected chi connectivity index (χ1v) is 4.93. The zero-order valence-electron chi connectivity index (χ0n) is 6.98. The number of rotatable bonds is 0. The number of halogens is 1. The van der Waals surface area contributed by atoms with Crippen LogP contribution in [-0.2, 0) is 16.9 Å². The Balaban J connectivity index is 2.63. The second-order valence-corrected chi connectivity index (χ2v) is 5.09. The first-order chi connectivity index (χ1) is 5.52. The smallest absolute Gasteiger partial charge is 0.117 e. The van der Waals surface area contributed by atoms with E-state index in [1.54, 1.807) is 0 Å². The Labute approximate surface area is 80.3 Å². The third-order valence-electron chi connectivity index (χ3n) is 2.14. The van der Waals surface area contributed by atoms with E-state index in [-0.39, 0.29) is 5.60 Å². The Morgan fingerprint density at radius 3 is 2.83 bits per heavy atom. The largest absolute Gasteiger partial charge is 0.397 e. The van der Waals surface area contributed by atoms with Gasteiger partial charge in [0.15, 0.2) is 0 Å². The fraction of sp³-hybridized carbons (Fsp3) is 0.500. The molecular weight excluding hydrogens is 194 g/mol. The lowest BCUT2D eigenvalue weighted by Crippen LogP contribution is -2.15. The minimum atomic E-state index is -0.261. The van der Waals surface area contributed by atoms with Crippen molar-refractivity contribution in [3.63, 3.8) is 0 Å². The number of fused-ring (bicyclic) bond motifs is 1. The van der Waals surface area contributed by atoms with Crippen molar-refractivity contribution < 1.29 is 4.74 Å². The number of thiophene rings is 1. The first-order valence-electron chi connectivity index (χ1n) is 3.73. The van der Waals surface area contributed by atoms with Crippen LogP contribution in [0, 0.1) is 0 Å². The van der Waals surface area contributed by atoms with E-state index in [1.165, 1.54) is 16.2 Å². The molecule has 1 aromatic rings. The highest BCUT2D eigenvalue weighted by atomic mass is 35.5. The van der Waals surface area contributed by atoms with Crippen LogP contribution in [0.1, 0.15) is 24.3 Å². The quantitative estimate of drug-likeness (QED) is 0.704. The number of ether oxygens (including phenoxy) is 1. The van der Waals surface area contributed by atoms with Gasteiger partial charge in [-0.3, -0.25) is 0 Å². The normalized spacial score (nSPS) is 19.6. The molecule has 2 rings (SSSR count). The van der Waals surface area contributed by atoms with Gasteiger partial charge in [0.05, 0.1) is 17.9 Å². The Bertz CT molecular complexity index is 332. The summed E-state index contributed by atoms with van der Waals surface area (Å²) in [6.45, 7) is 4.67. The van der Waals surface area contributed by atoms with E-state index >= 15 is 0 Å². The number of nitrogens with two attached hydrogens (primary N) is 1. The maximum atomic E-state index is 5.91. The molecule has 0 atom stereocenters. The van der Waals surface area contributed by atoms with Crippen LogP contribution in [0.5, 0.6) is 0 Å². The molecule has 2 heterocycles. The number of anilines is 1. The van der Waals surface area contributed by atoms with Gasteiger partial charge < -0.3 is 10.5 Å². The van der Waals surface area contributed by atoms with Crippen LogP contribution in [0.15, 0.2) is 0 Å². The molecule has 0 fully saturated rings. The summed E-state index contributed by atoms with van der Waals surface area (Å²) in [6.07, 6.45) is 0. The van der Waals surface area contributed by atoms with Crippen molar-refractivity contribution in [2.75, 3.05) is 5.73 Å². The highest BCUT2D eigenvalue weighted by molar-refractivity contribution is 7.17. The van der Waals surface area contributed by atoms with E-state index in [0.717, 1.165) is 5.56 Å². The third kappa shape index (κ3) is 0.969. The average molecular weight is 204 g/mol. The monoisotopic (exact) mass is 203 g/mol. The predicted molar refractivity (Wildman–Crippen MR) is 51.6 cm³/mol. The van der Waals surface area contributed by atoms with Crippen molar-refractivity contribution in [1.29, 1.82) is 0 Å². The maximum Gasteiger partial charge on any atom is 0.117 e. The van der Waals surface area contributed by atoms with E-state index < -0.39 is 0 Å². The Morgan fingerprint density at radius 2 is 2.25 bits per heavy atom. The van der Waals surface area contributed by atoms with Gasteiger partial charge in [-0.1, -0.05) is 11.6 Å². The zero-order valence-corrected chi connectivity index (χ0v) is 8.55. The molecule has 66 valence electrons. The molecule has 4 heteroatoms. The Hall–Kier alpha value is -0.250. The van der Waals surface area contributed by atoms with Gasteiger partial charge in [0.1, 0.15) is 4.34 Å². The standard InChI is InChI=1S/C8H10ClNOS/c1-8(2)5-4(3-11-8)12-7(9)6(5)10/h3,10H2,1-2H3. The van der Waals surface area contributed by atoms with Gasteiger partial charge in [-0.15, -0.1) is 11.3 Å². The van der Waals surface area contributed by atoms with E-state index in [0.29, 0.717) is 16.6 Å². The zero-order chi connectivity index (χ0) is 8.93. The van der Waals surface area contributed by atoms with E-state index in [1.807, 2.05) is 13.8 Å². The van der Waals surface area contributed by atoms with Gasteiger partial charge in [0.25, 0.3) is 0 Å². The SMILES string of the molecule is CC1(C)OCc2sc(Cl)c(N)c21. The van der Waals surface area contributed by atoms with Gasteiger partial charge in [-0.2, -0.15) is 0 Å². The van der Waals surface area contributed by atoms with Gasteiger partial charge in [0.2, 0.25) is 0 Å². The Kier molecular flexibility index (Phi) is 1.65. The van der Waals surface area contributed by atoms with Crippen molar-refractivity contribution >= 4 is 28.6 Å². The fourth-order valence-electron chi connectivity index (χ4n) is 1.54. The van der Waals surface area contributed by atoms with Crippen LogP contribution in [0.2, 0.25) is 4.34 Å². The molecule has 0 saturated heterocycles. The van der Waals surface area contributed by atoms with Crippen LogP contribution >= 0.6 is 22.9 Å². The second kappa shape index (κ2) is 2.37. The summed E-state index contributed by atoms with van der Waals surface area (Å²) >= 11 is 7.43. The van der Waals surface area contributed by atoms with Crippen molar-refractivity contribution in [3.05, 3.63) is 14.8 Å². The minimum absolute atomic E-state index is 0.261. The molecular formula is C8H10ClNOS. The summed E-state index contributed by atoms with van der Waals surface area (Å²) in [5, 5.41) is 0. The van der Waals surface area contributed by atoms with Gasteiger partial charge in [-0.05, 0) is 13.8 Å². The highest BCUT2D eigenvalue weighted by Gasteiger charge is 2.35.